The summed E-state index contributed by atoms with van der Waals surface area (Å²) in [5.41, 5.74) is 2.70. The van der Waals surface area contributed by atoms with E-state index in [9.17, 15) is 9.59 Å². The molecule has 168 valence electrons. The molecule has 4 aromatic rings. The van der Waals surface area contributed by atoms with Crippen LogP contribution in [0, 0.1) is 10.9 Å². The van der Waals surface area contributed by atoms with Crippen LogP contribution in [0.1, 0.15) is 5.56 Å². The second-order valence-corrected chi connectivity index (χ2v) is 9.82. The highest BCUT2D eigenvalue weighted by Crippen LogP contribution is 2.32. The van der Waals surface area contributed by atoms with E-state index in [1.165, 1.54) is 11.3 Å². The number of nitrogens with one attached hydrogen (secondary N) is 2. The number of aromatic nitrogens is 3. The Bertz CT molecular complexity index is 1490. The number of hydrogen-bond donors (Lipinski definition) is 2. The molecule has 33 heavy (non-hydrogen) atoms. The van der Waals surface area contributed by atoms with E-state index in [-0.39, 0.29) is 17.2 Å². The zero-order chi connectivity index (χ0) is 22.9. The summed E-state index contributed by atoms with van der Waals surface area (Å²) in [7, 11) is 0. The molecule has 0 saturated carbocycles. The fourth-order valence-electron chi connectivity index (χ4n) is 3.44. The number of para-hydroxylation sites is 1. The second kappa shape index (κ2) is 9.00. The van der Waals surface area contributed by atoms with Gasteiger partial charge in [0.1, 0.15) is 17.9 Å². The lowest BCUT2D eigenvalue weighted by Crippen LogP contribution is -2.17. The molecule has 1 amide bonds. The lowest BCUT2D eigenvalue weighted by Gasteiger charge is -2.18. The molecule has 2 aromatic carbocycles. The normalized spacial score (nSPS) is 12.6. The first-order valence-corrected chi connectivity index (χ1v) is 12.2. The molecule has 8 nitrogen and oxygen atoms in total. The minimum absolute atomic E-state index is 0.0676. The van der Waals surface area contributed by atoms with Gasteiger partial charge in [-0.05, 0) is 42.9 Å². The summed E-state index contributed by atoms with van der Waals surface area (Å²) in [6.45, 7) is 2.95. The standard InChI is InChI=1S/C22H18N4O4S3/c1-12-4-2-3-5-14(12)26-19-18(33-22(26)31)20(28)25-21(24-19)32-11-17(27)23-13-6-7-15-16(10-13)30-9-8-29-15/h2-7,10H,8-9,11H2,1H3,(H,23,27)(H,24,25,28). The van der Waals surface area contributed by atoms with Gasteiger partial charge in [0, 0.05) is 11.8 Å². The number of nitrogens with zero attached hydrogens (tertiary/aromatic N) is 2. The van der Waals surface area contributed by atoms with Crippen LogP contribution >= 0.6 is 35.3 Å². The third kappa shape index (κ3) is 4.39. The fraction of sp³-hybridized carbons (Fsp3) is 0.182. The molecule has 3 heterocycles. The number of aromatic amines is 1. The summed E-state index contributed by atoms with van der Waals surface area (Å²) in [6.07, 6.45) is 0. The van der Waals surface area contributed by atoms with E-state index < -0.39 is 0 Å². The summed E-state index contributed by atoms with van der Waals surface area (Å²) in [4.78, 5) is 32.5. The zero-order valence-electron chi connectivity index (χ0n) is 17.4. The number of thioether (sulfide) groups is 1. The number of amides is 1. The molecule has 2 N–H and O–H groups in total. The van der Waals surface area contributed by atoms with Gasteiger partial charge in [0.2, 0.25) is 5.91 Å². The van der Waals surface area contributed by atoms with Gasteiger partial charge in [-0.1, -0.05) is 41.3 Å². The summed E-state index contributed by atoms with van der Waals surface area (Å²) in [5.74, 6) is 1.09. The fourth-order valence-corrected chi connectivity index (χ4v) is 5.35. The van der Waals surface area contributed by atoms with Gasteiger partial charge >= 0.3 is 0 Å². The number of anilines is 1. The van der Waals surface area contributed by atoms with E-state index in [1.54, 1.807) is 22.8 Å². The van der Waals surface area contributed by atoms with Crippen LogP contribution in [0.4, 0.5) is 5.69 Å². The Hall–Kier alpha value is -3.15. The lowest BCUT2D eigenvalue weighted by molar-refractivity contribution is -0.113. The topological polar surface area (TPSA) is 98.2 Å². The van der Waals surface area contributed by atoms with E-state index in [1.807, 2.05) is 31.2 Å². The molecule has 0 unspecified atom stereocenters. The third-order valence-corrected chi connectivity index (χ3v) is 7.18. The molecule has 2 aromatic heterocycles. The number of H-pyrrole nitrogens is 1. The van der Waals surface area contributed by atoms with Crippen molar-refractivity contribution in [2.24, 2.45) is 0 Å². The van der Waals surface area contributed by atoms with Crippen LogP contribution in [0.2, 0.25) is 0 Å². The predicted molar refractivity (Wildman–Crippen MR) is 132 cm³/mol. The molecule has 0 bridgehead atoms. The predicted octanol–water partition coefficient (Wildman–Crippen LogP) is 4.32. The highest BCUT2D eigenvalue weighted by molar-refractivity contribution is 7.99. The van der Waals surface area contributed by atoms with Crippen LogP contribution in [-0.2, 0) is 4.79 Å². The number of rotatable bonds is 5. The van der Waals surface area contributed by atoms with Gasteiger partial charge in [-0.15, -0.1) is 0 Å². The van der Waals surface area contributed by atoms with Crippen molar-refractivity contribution < 1.29 is 14.3 Å². The number of fused-ring (bicyclic) bond motifs is 2. The molecule has 0 fully saturated rings. The van der Waals surface area contributed by atoms with Crippen molar-refractivity contribution in [3.63, 3.8) is 0 Å². The van der Waals surface area contributed by atoms with Crippen LogP contribution in [0.3, 0.4) is 0 Å². The number of aryl methyl sites for hydroxylation is 1. The number of hydrogen-bond acceptors (Lipinski definition) is 8. The van der Waals surface area contributed by atoms with Crippen LogP contribution in [0.5, 0.6) is 11.5 Å². The molecule has 0 aliphatic carbocycles. The molecule has 0 spiro atoms. The number of carbonyl (C=O) groups excluding carboxylic acids is 1. The van der Waals surface area contributed by atoms with Crippen LogP contribution in [0.25, 0.3) is 16.0 Å². The SMILES string of the molecule is Cc1ccccc1-n1c(=S)sc2c(=O)[nH]c(SCC(=O)Nc3ccc4c(c3)OCCO4)nc21. The average molecular weight is 499 g/mol. The lowest BCUT2D eigenvalue weighted by atomic mass is 10.2. The number of carbonyl (C=O) groups is 1. The van der Waals surface area contributed by atoms with Crippen molar-refractivity contribution in [1.29, 1.82) is 0 Å². The molecule has 5 rings (SSSR count). The highest BCUT2D eigenvalue weighted by Gasteiger charge is 2.16. The van der Waals surface area contributed by atoms with Crippen molar-refractivity contribution in [3.8, 4) is 17.2 Å². The van der Waals surface area contributed by atoms with Crippen molar-refractivity contribution in [2.75, 3.05) is 24.3 Å². The maximum absolute atomic E-state index is 12.7. The van der Waals surface area contributed by atoms with Crippen molar-refractivity contribution in [3.05, 3.63) is 62.3 Å². The molecule has 1 aliphatic heterocycles. The van der Waals surface area contributed by atoms with E-state index in [0.717, 1.165) is 23.0 Å². The van der Waals surface area contributed by atoms with E-state index >= 15 is 0 Å². The van der Waals surface area contributed by atoms with Gasteiger partial charge in [0.15, 0.2) is 26.3 Å². The Morgan fingerprint density at radius 2 is 2.03 bits per heavy atom. The molecule has 1 aliphatic rings. The van der Waals surface area contributed by atoms with Crippen LogP contribution in [-0.4, -0.2) is 39.4 Å². The summed E-state index contributed by atoms with van der Waals surface area (Å²) in [5, 5.41) is 3.18. The van der Waals surface area contributed by atoms with E-state index in [0.29, 0.717) is 49.9 Å². The quantitative estimate of drug-likeness (QED) is 0.240. The van der Waals surface area contributed by atoms with E-state index in [2.05, 4.69) is 15.3 Å². The highest BCUT2D eigenvalue weighted by atomic mass is 32.2. The van der Waals surface area contributed by atoms with E-state index in [4.69, 9.17) is 21.7 Å². The Kier molecular flexibility index (Phi) is 5.92. The molecule has 11 heteroatoms. The monoisotopic (exact) mass is 498 g/mol. The Balaban J connectivity index is 1.37. The van der Waals surface area contributed by atoms with Gasteiger partial charge in [-0.2, -0.15) is 0 Å². The number of benzene rings is 2. The maximum Gasteiger partial charge on any atom is 0.271 e. The minimum atomic E-state index is -0.279. The van der Waals surface area contributed by atoms with Crippen molar-refractivity contribution >= 4 is 57.3 Å². The van der Waals surface area contributed by atoms with Gasteiger partial charge < -0.3 is 19.8 Å². The molecule has 0 atom stereocenters. The number of ether oxygens (including phenoxy) is 2. The Labute approximate surface area is 201 Å². The van der Waals surface area contributed by atoms with Crippen molar-refractivity contribution in [1.82, 2.24) is 14.5 Å². The minimum Gasteiger partial charge on any atom is -0.486 e. The second-order valence-electron chi connectivity index (χ2n) is 7.21. The zero-order valence-corrected chi connectivity index (χ0v) is 19.9. The summed E-state index contributed by atoms with van der Waals surface area (Å²) < 4.78 is 13.8. The van der Waals surface area contributed by atoms with Crippen LogP contribution in [0.15, 0.2) is 52.4 Å². The van der Waals surface area contributed by atoms with Gasteiger partial charge in [-0.25, -0.2) is 4.98 Å². The molecule has 0 saturated heterocycles. The van der Waals surface area contributed by atoms with Crippen molar-refractivity contribution in [2.45, 2.75) is 12.1 Å². The van der Waals surface area contributed by atoms with Crippen LogP contribution < -0.4 is 20.3 Å². The third-order valence-electron chi connectivity index (χ3n) is 4.94. The first-order chi connectivity index (χ1) is 16.0. The Morgan fingerprint density at radius 1 is 1.24 bits per heavy atom. The average Bonchev–Trinajstić information content (AvgIpc) is 3.14. The van der Waals surface area contributed by atoms with Gasteiger partial charge in [0.25, 0.3) is 5.56 Å². The molecular weight excluding hydrogens is 480 g/mol. The largest absolute Gasteiger partial charge is 0.486 e. The molecular formula is C22H18N4O4S3. The molecule has 0 radical (unpaired) electrons. The Morgan fingerprint density at radius 3 is 2.85 bits per heavy atom. The first-order valence-electron chi connectivity index (χ1n) is 10.0. The van der Waals surface area contributed by atoms with Gasteiger partial charge in [0.05, 0.1) is 11.4 Å². The maximum atomic E-state index is 12.7. The van der Waals surface area contributed by atoms with Gasteiger partial charge in [-0.3, -0.25) is 14.2 Å². The summed E-state index contributed by atoms with van der Waals surface area (Å²) >= 11 is 7.88. The first kappa shape index (κ1) is 21.7. The number of thiazole rings is 1. The smallest absolute Gasteiger partial charge is 0.271 e. The summed E-state index contributed by atoms with van der Waals surface area (Å²) in [6, 6.07) is 13.0.